The summed E-state index contributed by atoms with van der Waals surface area (Å²) in [5.74, 6) is 1.61. The number of alkyl halides is 1. The summed E-state index contributed by atoms with van der Waals surface area (Å²) in [7, 11) is 0. The number of nitrogens with zero attached hydrogens (tertiary/aromatic N) is 2. The van der Waals surface area contributed by atoms with Gasteiger partial charge in [0.1, 0.15) is 11.3 Å². The van der Waals surface area contributed by atoms with Crippen LogP contribution in [-0.4, -0.2) is 40.6 Å². The van der Waals surface area contributed by atoms with E-state index in [-0.39, 0.29) is 0 Å². The van der Waals surface area contributed by atoms with Crippen LogP contribution in [0, 0.1) is 5.92 Å². The summed E-state index contributed by atoms with van der Waals surface area (Å²) in [4.78, 5) is 9.16. The van der Waals surface area contributed by atoms with Crippen molar-refractivity contribution in [3.8, 4) is 5.75 Å². The third kappa shape index (κ3) is 4.02. The molecule has 24 heavy (non-hydrogen) atoms. The lowest BCUT2D eigenvalue weighted by atomic mass is 9.84. The molecule has 0 bridgehead atoms. The van der Waals surface area contributed by atoms with Gasteiger partial charge >= 0.3 is 0 Å². The third-order valence-electron chi connectivity index (χ3n) is 5.28. The van der Waals surface area contributed by atoms with Crippen molar-refractivity contribution in [3.05, 3.63) is 36.5 Å². The van der Waals surface area contributed by atoms with Gasteiger partial charge in [-0.1, -0.05) is 47.2 Å². The number of benzene rings is 1. The Bertz CT molecular complexity index is 641. The molecule has 0 saturated carbocycles. The highest BCUT2D eigenvalue weighted by Crippen LogP contribution is 2.32. The molecule has 3 nitrogen and oxygen atoms in total. The molecule has 2 unspecified atom stereocenters. The van der Waals surface area contributed by atoms with Gasteiger partial charge in [0.15, 0.2) is 0 Å². The molecule has 0 spiro atoms. The Labute approximate surface area is 158 Å². The Morgan fingerprint density at radius 1 is 1.08 bits per heavy atom. The lowest BCUT2D eigenvalue weighted by Crippen LogP contribution is -2.49. The maximum atomic E-state index is 6.22. The molecular weight excluding hydrogens is 411 g/mol. The van der Waals surface area contributed by atoms with Crippen molar-refractivity contribution in [1.82, 2.24) is 9.88 Å². The van der Waals surface area contributed by atoms with Crippen LogP contribution in [0.1, 0.15) is 32.1 Å². The van der Waals surface area contributed by atoms with Gasteiger partial charge in [-0.05, 0) is 55.8 Å². The molecule has 0 N–H and O–H groups in total. The first kappa shape index (κ1) is 17.9. The second-order valence-electron chi connectivity index (χ2n) is 6.64. The smallest absolute Gasteiger partial charge is 0.145 e. The minimum atomic E-state index is 0.674. The molecule has 2 atom stereocenters. The summed E-state index contributed by atoms with van der Waals surface area (Å²) in [6.07, 6.45) is 8.57. The average Bonchev–Trinajstić information content (AvgIpc) is 2.68. The van der Waals surface area contributed by atoms with Crippen LogP contribution in [0.5, 0.6) is 5.75 Å². The van der Waals surface area contributed by atoms with Crippen LogP contribution in [0.25, 0.3) is 10.9 Å². The normalized spacial score (nSPS) is 23.9. The van der Waals surface area contributed by atoms with Crippen molar-refractivity contribution >= 4 is 33.5 Å². The zero-order valence-electron chi connectivity index (χ0n) is 14.5. The summed E-state index contributed by atoms with van der Waals surface area (Å²) in [5.41, 5.74) is 0.987. The SMILES string of the molecule is CI.c1cnc2c(OCC3CCCN4CCCCC34)cccc2c1. The Morgan fingerprint density at radius 3 is 2.83 bits per heavy atom. The molecule has 0 amide bonds. The molecule has 1 aromatic heterocycles. The fraction of sp³-hybridized carbons (Fsp3) is 0.550. The zero-order chi connectivity index (χ0) is 16.8. The monoisotopic (exact) mass is 438 g/mol. The van der Waals surface area contributed by atoms with Gasteiger partial charge in [-0.3, -0.25) is 9.88 Å². The maximum absolute atomic E-state index is 6.22. The number of ether oxygens (including phenoxy) is 1. The number of halogens is 1. The Kier molecular flexibility index (Phi) is 6.72. The van der Waals surface area contributed by atoms with E-state index in [9.17, 15) is 0 Å². The van der Waals surface area contributed by atoms with Crippen LogP contribution < -0.4 is 4.74 Å². The number of fused-ring (bicyclic) bond motifs is 2. The molecule has 4 rings (SSSR count). The van der Waals surface area contributed by atoms with E-state index in [1.165, 1.54) is 45.2 Å². The summed E-state index contributed by atoms with van der Waals surface area (Å²) in [5, 5.41) is 1.16. The predicted molar refractivity (Wildman–Crippen MR) is 109 cm³/mol. The molecule has 2 saturated heterocycles. The number of hydrogen-bond acceptors (Lipinski definition) is 3. The summed E-state index contributed by atoms with van der Waals surface area (Å²) >= 11 is 2.15. The fourth-order valence-corrected chi connectivity index (χ4v) is 4.16. The fourth-order valence-electron chi connectivity index (χ4n) is 4.16. The molecule has 130 valence electrons. The quantitative estimate of drug-likeness (QED) is 0.502. The first-order valence-corrected chi connectivity index (χ1v) is 11.2. The van der Waals surface area contributed by atoms with Crippen LogP contribution in [0.2, 0.25) is 0 Å². The highest BCUT2D eigenvalue weighted by Gasteiger charge is 2.33. The molecule has 3 heterocycles. The van der Waals surface area contributed by atoms with Crippen molar-refractivity contribution in [2.24, 2.45) is 5.92 Å². The van der Waals surface area contributed by atoms with Gasteiger partial charge in [0.05, 0.1) is 6.61 Å². The minimum Gasteiger partial charge on any atom is -0.491 e. The van der Waals surface area contributed by atoms with E-state index in [2.05, 4.69) is 56.7 Å². The summed E-state index contributed by atoms with van der Waals surface area (Å²) < 4.78 is 6.22. The summed E-state index contributed by atoms with van der Waals surface area (Å²) in [6.45, 7) is 3.41. The number of para-hydroxylation sites is 1. The van der Waals surface area contributed by atoms with Gasteiger partial charge < -0.3 is 4.74 Å². The number of pyridine rings is 1. The first-order chi connectivity index (χ1) is 11.9. The van der Waals surface area contributed by atoms with E-state index in [1.54, 1.807) is 0 Å². The summed E-state index contributed by atoms with van der Waals surface area (Å²) in [6, 6.07) is 11.0. The van der Waals surface area contributed by atoms with Gasteiger partial charge in [0, 0.05) is 23.5 Å². The molecule has 0 aliphatic carbocycles. The van der Waals surface area contributed by atoms with Crippen LogP contribution in [0.3, 0.4) is 0 Å². The van der Waals surface area contributed by atoms with Crippen molar-refractivity contribution in [1.29, 1.82) is 0 Å². The molecule has 0 radical (unpaired) electrons. The van der Waals surface area contributed by atoms with Crippen molar-refractivity contribution in [3.63, 3.8) is 0 Å². The molecule has 4 heteroatoms. The largest absolute Gasteiger partial charge is 0.491 e. The molecule has 2 aliphatic rings. The highest BCUT2D eigenvalue weighted by molar-refractivity contribution is 14.1. The van der Waals surface area contributed by atoms with Crippen LogP contribution in [0.15, 0.2) is 36.5 Å². The van der Waals surface area contributed by atoms with Crippen molar-refractivity contribution < 1.29 is 4.74 Å². The van der Waals surface area contributed by atoms with E-state index in [0.717, 1.165) is 29.3 Å². The van der Waals surface area contributed by atoms with Gasteiger partial charge in [-0.15, -0.1) is 0 Å². The van der Waals surface area contributed by atoms with E-state index in [4.69, 9.17) is 4.74 Å². The van der Waals surface area contributed by atoms with Gasteiger partial charge in [0.2, 0.25) is 0 Å². The zero-order valence-corrected chi connectivity index (χ0v) is 16.6. The second kappa shape index (κ2) is 8.99. The predicted octanol–water partition coefficient (Wildman–Crippen LogP) is 4.93. The van der Waals surface area contributed by atoms with Gasteiger partial charge in [0.25, 0.3) is 0 Å². The lowest BCUT2D eigenvalue weighted by molar-refractivity contribution is 0.0368. The number of hydrogen-bond donors (Lipinski definition) is 0. The Hall–Kier alpha value is -0.880. The van der Waals surface area contributed by atoms with Gasteiger partial charge in [-0.2, -0.15) is 0 Å². The van der Waals surface area contributed by atoms with Crippen LogP contribution in [-0.2, 0) is 0 Å². The Morgan fingerprint density at radius 2 is 1.92 bits per heavy atom. The van der Waals surface area contributed by atoms with Crippen LogP contribution in [0.4, 0.5) is 0 Å². The average molecular weight is 438 g/mol. The minimum absolute atomic E-state index is 0.674. The Balaban J connectivity index is 0.000000815. The molecule has 2 fully saturated rings. The third-order valence-corrected chi connectivity index (χ3v) is 5.28. The molecule has 2 aliphatic heterocycles. The number of piperidine rings is 2. The maximum Gasteiger partial charge on any atom is 0.145 e. The van der Waals surface area contributed by atoms with E-state index in [0.29, 0.717) is 5.92 Å². The van der Waals surface area contributed by atoms with E-state index < -0.39 is 0 Å². The van der Waals surface area contributed by atoms with Crippen molar-refractivity contribution in [2.75, 3.05) is 24.6 Å². The number of aromatic nitrogens is 1. The highest BCUT2D eigenvalue weighted by atomic mass is 127. The molecule has 1 aromatic carbocycles. The topological polar surface area (TPSA) is 25.4 Å². The molecule has 2 aromatic rings. The standard InChI is InChI=1S/C19H24N2O.CH3I/c1-2-12-21-13-5-8-16(17(21)9-1)14-22-18-10-3-6-15-7-4-11-20-19(15)18;1-2/h3-4,6-7,10-11,16-17H,1-2,5,8-9,12-14H2;1H3. The van der Waals surface area contributed by atoms with Crippen LogP contribution >= 0.6 is 22.6 Å². The number of rotatable bonds is 3. The van der Waals surface area contributed by atoms with Crippen molar-refractivity contribution in [2.45, 2.75) is 38.1 Å². The molecular formula is C20H27IN2O. The first-order valence-electron chi connectivity index (χ1n) is 9.00. The second-order valence-corrected chi connectivity index (χ2v) is 6.64. The lowest BCUT2D eigenvalue weighted by Gasteiger charge is -2.44. The van der Waals surface area contributed by atoms with E-state index in [1.807, 2.05) is 17.2 Å². The van der Waals surface area contributed by atoms with Gasteiger partial charge in [-0.25, -0.2) is 0 Å². The van der Waals surface area contributed by atoms with E-state index >= 15 is 0 Å².